The molecule has 0 fully saturated rings. The first-order valence-electron chi connectivity index (χ1n) is 7.93. The van der Waals surface area contributed by atoms with Crippen LogP contribution in [-0.2, 0) is 23.1 Å². The summed E-state index contributed by atoms with van der Waals surface area (Å²) in [6.45, 7) is 4.69. The molecule has 136 valence electrons. The van der Waals surface area contributed by atoms with Crippen LogP contribution < -0.4 is 5.32 Å². The van der Waals surface area contributed by atoms with Gasteiger partial charge in [0.1, 0.15) is 5.82 Å². The Morgan fingerprint density at radius 3 is 2.20 bits per heavy atom. The van der Waals surface area contributed by atoms with Crippen molar-refractivity contribution in [3.63, 3.8) is 0 Å². The van der Waals surface area contributed by atoms with E-state index >= 15 is 0 Å². The number of benzene rings is 2. The summed E-state index contributed by atoms with van der Waals surface area (Å²) in [5.41, 5.74) is 1.74. The van der Waals surface area contributed by atoms with Crippen LogP contribution in [0.15, 0.2) is 47.4 Å². The molecule has 2 rings (SSSR count). The monoisotopic (exact) mass is 384 g/mol. The molecule has 0 aromatic heterocycles. The second-order valence-electron chi connectivity index (χ2n) is 6.11. The van der Waals surface area contributed by atoms with E-state index in [1.54, 1.807) is 37.4 Å². The van der Waals surface area contributed by atoms with Gasteiger partial charge in [0.2, 0.25) is 10.0 Å². The number of nitrogens with zero attached hydrogens (tertiary/aromatic N) is 1. The van der Waals surface area contributed by atoms with E-state index < -0.39 is 15.8 Å². The molecule has 0 aliphatic heterocycles. The molecule has 0 bridgehead atoms. The van der Waals surface area contributed by atoms with Crippen LogP contribution in [0.1, 0.15) is 25.0 Å². The third kappa shape index (κ3) is 5.01. The maximum Gasteiger partial charge on any atom is 0.243 e. The van der Waals surface area contributed by atoms with Crippen LogP contribution in [0, 0.1) is 5.82 Å². The fourth-order valence-corrected chi connectivity index (χ4v) is 3.71. The van der Waals surface area contributed by atoms with Gasteiger partial charge in [-0.05, 0) is 49.2 Å². The molecule has 1 N–H and O–H groups in total. The minimum absolute atomic E-state index is 0.104. The molecule has 0 aliphatic carbocycles. The summed E-state index contributed by atoms with van der Waals surface area (Å²) >= 11 is 5.66. The van der Waals surface area contributed by atoms with E-state index in [1.807, 2.05) is 13.8 Å². The molecule has 7 heteroatoms. The van der Waals surface area contributed by atoms with Crippen LogP contribution in [0.2, 0.25) is 5.02 Å². The van der Waals surface area contributed by atoms with Gasteiger partial charge in [0, 0.05) is 26.2 Å². The molecule has 0 amide bonds. The average molecular weight is 385 g/mol. The van der Waals surface area contributed by atoms with Crippen molar-refractivity contribution in [2.75, 3.05) is 7.05 Å². The Morgan fingerprint density at radius 2 is 1.64 bits per heavy atom. The smallest absolute Gasteiger partial charge is 0.243 e. The molecule has 0 spiro atoms. The van der Waals surface area contributed by atoms with Crippen molar-refractivity contribution in [3.8, 4) is 0 Å². The van der Waals surface area contributed by atoms with Crippen LogP contribution >= 0.6 is 11.6 Å². The van der Waals surface area contributed by atoms with E-state index in [4.69, 9.17) is 11.6 Å². The minimum Gasteiger partial charge on any atom is -0.309 e. The summed E-state index contributed by atoms with van der Waals surface area (Å²) in [5.74, 6) is -0.440. The molecular formula is C18H22ClFN2O2S. The Morgan fingerprint density at radius 1 is 1.08 bits per heavy atom. The van der Waals surface area contributed by atoms with Gasteiger partial charge in [-0.3, -0.25) is 0 Å². The summed E-state index contributed by atoms with van der Waals surface area (Å²) in [6, 6.07) is 11.3. The lowest BCUT2D eigenvalue weighted by Crippen LogP contribution is -2.33. The van der Waals surface area contributed by atoms with Crippen LogP contribution in [-0.4, -0.2) is 25.8 Å². The zero-order valence-electron chi connectivity index (χ0n) is 14.5. The third-order valence-electron chi connectivity index (χ3n) is 3.97. The summed E-state index contributed by atoms with van der Waals surface area (Å²) in [4.78, 5) is 0.271. The van der Waals surface area contributed by atoms with Crippen molar-refractivity contribution in [2.24, 2.45) is 0 Å². The third-order valence-corrected chi connectivity index (χ3v) is 6.32. The molecule has 0 unspecified atom stereocenters. The predicted molar refractivity (Wildman–Crippen MR) is 98.5 cm³/mol. The average Bonchev–Trinajstić information content (AvgIpc) is 2.57. The Balaban J connectivity index is 1.97. The van der Waals surface area contributed by atoms with Crippen molar-refractivity contribution >= 4 is 21.6 Å². The summed E-state index contributed by atoms with van der Waals surface area (Å²) in [7, 11) is -1.90. The molecule has 0 radical (unpaired) electrons. The number of hydrogen-bond donors (Lipinski definition) is 1. The molecule has 2 aromatic rings. The zero-order valence-corrected chi connectivity index (χ0v) is 16.0. The highest BCUT2D eigenvalue weighted by Crippen LogP contribution is 2.18. The van der Waals surface area contributed by atoms with E-state index in [-0.39, 0.29) is 16.0 Å². The van der Waals surface area contributed by atoms with Gasteiger partial charge < -0.3 is 5.32 Å². The number of hydrogen-bond acceptors (Lipinski definition) is 3. The Kier molecular flexibility index (Phi) is 6.57. The zero-order chi connectivity index (χ0) is 18.6. The Hall–Kier alpha value is -1.47. The molecule has 0 atom stereocenters. The molecule has 4 nitrogen and oxygen atoms in total. The lowest BCUT2D eigenvalue weighted by Gasteiger charge is -2.21. The fraction of sp³-hybridized carbons (Fsp3) is 0.333. The first-order chi connectivity index (χ1) is 11.7. The van der Waals surface area contributed by atoms with E-state index in [0.29, 0.717) is 13.1 Å². The second kappa shape index (κ2) is 8.27. The standard InChI is InChI=1S/C18H22ClFN2O2S/c1-13(2)22(3)25(23,24)16-7-4-14(5-8-16)11-21-12-15-6-9-17(19)18(20)10-15/h4-10,13,21H,11-12H2,1-3H3. The molecule has 2 aromatic carbocycles. The fourth-order valence-electron chi connectivity index (χ4n) is 2.22. The molecule has 0 heterocycles. The predicted octanol–water partition coefficient (Wildman–Crippen LogP) is 3.80. The van der Waals surface area contributed by atoms with Gasteiger partial charge >= 0.3 is 0 Å². The van der Waals surface area contributed by atoms with Gasteiger partial charge in [0.05, 0.1) is 9.92 Å². The van der Waals surface area contributed by atoms with Crippen molar-refractivity contribution in [2.45, 2.75) is 37.9 Å². The molecule has 0 saturated heterocycles. The van der Waals surface area contributed by atoms with Crippen LogP contribution in [0.4, 0.5) is 4.39 Å². The van der Waals surface area contributed by atoms with Gasteiger partial charge in [0.25, 0.3) is 0 Å². The SMILES string of the molecule is CC(C)N(C)S(=O)(=O)c1ccc(CNCc2ccc(Cl)c(F)c2)cc1. The Bertz CT molecular complexity index is 823. The number of halogens is 2. The van der Waals surface area contributed by atoms with Crippen LogP contribution in [0.3, 0.4) is 0 Å². The second-order valence-corrected chi connectivity index (χ2v) is 8.52. The first-order valence-corrected chi connectivity index (χ1v) is 9.75. The van der Waals surface area contributed by atoms with Crippen molar-refractivity contribution in [1.29, 1.82) is 0 Å². The summed E-state index contributed by atoms with van der Waals surface area (Å²) in [6.07, 6.45) is 0. The van der Waals surface area contributed by atoms with Gasteiger partial charge in [-0.25, -0.2) is 12.8 Å². The number of sulfonamides is 1. The van der Waals surface area contributed by atoms with Crippen molar-refractivity contribution in [3.05, 3.63) is 64.4 Å². The summed E-state index contributed by atoms with van der Waals surface area (Å²) < 4.78 is 39.5. The largest absolute Gasteiger partial charge is 0.309 e. The highest BCUT2D eigenvalue weighted by atomic mass is 35.5. The topological polar surface area (TPSA) is 49.4 Å². The van der Waals surface area contributed by atoms with Crippen LogP contribution in [0.25, 0.3) is 0 Å². The molecular weight excluding hydrogens is 363 g/mol. The van der Waals surface area contributed by atoms with Gasteiger partial charge in [-0.1, -0.05) is 29.8 Å². The maximum absolute atomic E-state index is 13.4. The summed E-state index contributed by atoms with van der Waals surface area (Å²) in [5, 5.41) is 3.30. The van der Waals surface area contributed by atoms with Crippen molar-refractivity contribution < 1.29 is 12.8 Å². The quantitative estimate of drug-likeness (QED) is 0.789. The minimum atomic E-state index is -3.47. The Labute approximate surface area is 153 Å². The highest BCUT2D eigenvalue weighted by molar-refractivity contribution is 7.89. The molecule has 0 aliphatic rings. The lowest BCUT2D eigenvalue weighted by atomic mass is 10.2. The lowest BCUT2D eigenvalue weighted by molar-refractivity contribution is 0.410. The normalized spacial score (nSPS) is 12.1. The molecule has 25 heavy (non-hydrogen) atoms. The van der Waals surface area contributed by atoms with Gasteiger partial charge in [-0.15, -0.1) is 0 Å². The van der Waals surface area contributed by atoms with Crippen LogP contribution in [0.5, 0.6) is 0 Å². The van der Waals surface area contributed by atoms with E-state index in [0.717, 1.165) is 11.1 Å². The number of rotatable bonds is 7. The van der Waals surface area contributed by atoms with E-state index in [9.17, 15) is 12.8 Å². The van der Waals surface area contributed by atoms with E-state index in [1.165, 1.54) is 16.4 Å². The van der Waals surface area contributed by atoms with Gasteiger partial charge in [-0.2, -0.15) is 4.31 Å². The maximum atomic E-state index is 13.4. The molecule has 0 saturated carbocycles. The first kappa shape index (κ1) is 19.8. The van der Waals surface area contributed by atoms with E-state index in [2.05, 4.69) is 5.32 Å². The number of nitrogens with one attached hydrogen (secondary N) is 1. The van der Waals surface area contributed by atoms with Gasteiger partial charge in [0.15, 0.2) is 0 Å². The van der Waals surface area contributed by atoms with Crippen molar-refractivity contribution in [1.82, 2.24) is 9.62 Å². The highest BCUT2D eigenvalue weighted by Gasteiger charge is 2.22.